The fourth-order valence-electron chi connectivity index (χ4n) is 5.36. The van der Waals surface area contributed by atoms with Crippen molar-refractivity contribution in [1.29, 1.82) is 0 Å². The average Bonchev–Trinajstić information content (AvgIpc) is 3.46. The molecule has 2 amide bonds. The molecule has 2 aliphatic heterocycles. The number of hydrogen-bond acceptors (Lipinski definition) is 3. The predicted octanol–water partition coefficient (Wildman–Crippen LogP) is 6.36. The number of para-hydroxylation sites is 1. The number of benzene rings is 2. The van der Waals surface area contributed by atoms with Gasteiger partial charge in [0.1, 0.15) is 5.00 Å². The number of amides is 2. The Morgan fingerprint density at radius 1 is 1.00 bits per heavy atom. The third kappa shape index (κ3) is 3.97. The van der Waals surface area contributed by atoms with Crippen molar-refractivity contribution < 1.29 is 4.79 Å². The summed E-state index contributed by atoms with van der Waals surface area (Å²) in [4.78, 5) is 19.9. The maximum atomic E-state index is 13.9. The molecule has 6 rings (SSSR count). The molecule has 0 radical (unpaired) electrons. The number of rotatable bonds is 3. The Balaban J connectivity index is 1.49. The molecule has 1 unspecified atom stereocenters. The van der Waals surface area contributed by atoms with E-state index in [0.29, 0.717) is 6.54 Å². The lowest BCUT2D eigenvalue weighted by Crippen LogP contribution is -2.38. The monoisotopic (exact) mass is 482 g/mol. The number of carbonyl (C=O) groups excluding carboxylic acids is 1. The largest absolute Gasteiger partial charge is 0.322 e. The summed E-state index contributed by atoms with van der Waals surface area (Å²) in [6.07, 6.45) is 3.20. The van der Waals surface area contributed by atoms with Crippen LogP contribution in [0.15, 0.2) is 72.9 Å². The van der Waals surface area contributed by atoms with Crippen LogP contribution in [-0.4, -0.2) is 33.5 Å². The molecule has 0 saturated heterocycles. The lowest BCUT2D eigenvalue weighted by molar-refractivity contribution is 0.194. The van der Waals surface area contributed by atoms with Crippen molar-refractivity contribution in [2.75, 3.05) is 18.4 Å². The van der Waals surface area contributed by atoms with Crippen LogP contribution in [0.1, 0.15) is 45.8 Å². The van der Waals surface area contributed by atoms with E-state index < -0.39 is 0 Å². The zero-order chi connectivity index (χ0) is 23.9. The van der Waals surface area contributed by atoms with Gasteiger partial charge in [-0.15, -0.1) is 11.3 Å². The fourth-order valence-corrected chi connectivity index (χ4v) is 6.77. The zero-order valence-electron chi connectivity index (χ0n) is 20.2. The number of anilines is 1. The first-order chi connectivity index (χ1) is 17.1. The van der Waals surface area contributed by atoms with Gasteiger partial charge < -0.3 is 14.8 Å². The molecule has 5 nitrogen and oxygen atoms in total. The zero-order valence-corrected chi connectivity index (χ0v) is 21.0. The maximum absolute atomic E-state index is 13.9. The summed E-state index contributed by atoms with van der Waals surface area (Å²) < 4.78 is 2.33. The third-order valence-corrected chi connectivity index (χ3v) is 8.53. The summed E-state index contributed by atoms with van der Waals surface area (Å²) >= 11 is 1.90. The van der Waals surface area contributed by atoms with Crippen LogP contribution in [0.4, 0.5) is 10.5 Å². The molecule has 1 N–H and O–H groups in total. The number of fused-ring (bicyclic) bond motifs is 5. The number of thiophene rings is 1. The summed E-state index contributed by atoms with van der Waals surface area (Å²) in [7, 11) is 0. The standard InChI is InChI=1S/C29H30N4OS/c1-3-31-17-15-23-24-18-33(29(34)30-22-8-5-4-6-9-22)27(21-13-11-20(2)12-14-21)25-10-7-16-32(25)28(24)35-26(23)19-31/h4-14,16,27H,3,15,17-19H2,1-2H3,(H,30,34). The van der Waals surface area contributed by atoms with Crippen molar-refractivity contribution in [2.24, 2.45) is 0 Å². The molecule has 35 heavy (non-hydrogen) atoms. The molecular weight excluding hydrogens is 452 g/mol. The molecule has 1 atom stereocenters. The van der Waals surface area contributed by atoms with E-state index in [1.165, 1.54) is 26.6 Å². The number of aryl methyl sites for hydroxylation is 1. The minimum atomic E-state index is -0.180. The van der Waals surface area contributed by atoms with Crippen molar-refractivity contribution in [1.82, 2.24) is 14.4 Å². The molecule has 0 spiro atoms. The van der Waals surface area contributed by atoms with Gasteiger partial charge in [-0.25, -0.2) is 4.79 Å². The van der Waals surface area contributed by atoms with Crippen LogP contribution in [0.5, 0.6) is 0 Å². The number of aromatic nitrogens is 1. The van der Waals surface area contributed by atoms with Gasteiger partial charge in [0.15, 0.2) is 0 Å². The van der Waals surface area contributed by atoms with Crippen LogP contribution >= 0.6 is 11.3 Å². The highest BCUT2D eigenvalue weighted by Gasteiger charge is 2.36. The number of urea groups is 1. The van der Waals surface area contributed by atoms with Crippen LogP contribution in [0.25, 0.3) is 5.00 Å². The first kappa shape index (κ1) is 22.1. The van der Waals surface area contributed by atoms with Crippen LogP contribution in [0.3, 0.4) is 0 Å². The van der Waals surface area contributed by atoms with Gasteiger partial charge in [-0.2, -0.15) is 0 Å². The van der Waals surface area contributed by atoms with Gasteiger partial charge in [-0.1, -0.05) is 55.0 Å². The van der Waals surface area contributed by atoms with Gasteiger partial charge in [0.05, 0.1) is 18.3 Å². The first-order valence-corrected chi connectivity index (χ1v) is 13.2. The molecule has 0 saturated carbocycles. The second-order valence-corrected chi connectivity index (χ2v) is 10.5. The molecule has 6 heteroatoms. The van der Waals surface area contributed by atoms with Crippen LogP contribution in [0.2, 0.25) is 0 Å². The Kier molecular flexibility index (Phi) is 5.71. The molecule has 2 aromatic carbocycles. The predicted molar refractivity (Wildman–Crippen MR) is 142 cm³/mol. The number of nitrogens with zero attached hydrogens (tertiary/aromatic N) is 3. The van der Waals surface area contributed by atoms with E-state index in [1.807, 2.05) is 46.6 Å². The number of likely N-dealkylation sites (N-methyl/N-ethyl adjacent to an activating group) is 1. The van der Waals surface area contributed by atoms with Crippen molar-refractivity contribution in [3.8, 4) is 5.00 Å². The Bertz CT molecular complexity index is 1360. The minimum Gasteiger partial charge on any atom is -0.310 e. The molecule has 4 heterocycles. The molecule has 4 aromatic rings. The van der Waals surface area contributed by atoms with Crippen molar-refractivity contribution in [3.63, 3.8) is 0 Å². The maximum Gasteiger partial charge on any atom is 0.322 e. The molecule has 0 aliphatic carbocycles. The van der Waals surface area contributed by atoms with E-state index in [-0.39, 0.29) is 12.1 Å². The normalized spacial score (nSPS) is 17.3. The molecule has 0 bridgehead atoms. The van der Waals surface area contributed by atoms with Gasteiger partial charge >= 0.3 is 6.03 Å². The first-order valence-electron chi connectivity index (χ1n) is 12.3. The lowest BCUT2D eigenvalue weighted by Gasteiger charge is -2.32. The summed E-state index contributed by atoms with van der Waals surface area (Å²) in [5.74, 6) is 0. The topological polar surface area (TPSA) is 40.5 Å². The molecule has 2 aromatic heterocycles. The highest BCUT2D eigenvalue weighted by molar-refractivity contribution is 7.15. The second kappa shape index (κ2) is 9.02. The number of hydrogen-bond donors (Lipinski definition) is 1. The number of carbonyl (C=O) groups is 1. The Morgan fingerprint density at radius 3 is 2.57 bits per heavy atom. The van der Waals surface area contributed by atoms with E-state index in [9.17, 15) is 4.79 Å². The third-order valence-electron chi connectivity index (χ3n) is 7.27. The lowest BCUT2D eigenvalue weighted by atomic mass is 9.99. The van der Waals surface area contributed by atoms with E-state index in [4.69, 9.17) is 0 Å². The van der Waals surface area contributed by atoms with Crippen LogP contribution in [-0.2, 0) is 19.5 Å². The summed E-state index contributed by atoms with van der Waals surface area (Å²) in [5.41, 5.74) is 7.02. The molecule has 2 aliphatic rings. The van der Waals surface area contributed by atoms with E-state index in [0.717, 1.165) is 43.0 Å². The minimum absolute atomic E-state index is 0.0756. The summed E-state index contributed by atoms with van der Waals surface area (Å²) in [6.45, 7) is 8.06. The quantitative estimate of drug-likeness (QED) is 0.369. The Hall–Kier alpha value is -3.35. The van der Waals surface area contributed by atoms with Crippen molar-refractivity contribution in [3.05, 3.63) is 106 Å². The van der Waals surface area contributed by atoms with E-state index in [2.05, 4.69) is 71.2 Å². The Labute approximate surface area is 210 Å². The smallest absolute Gasteiger partial charge is 0.310 e. The molecular formula is C29H30N4OS. The Morgan fingerprint density at radius 2 is 1.80 bits per heavy atom. The average molecular weight is 483 g/mol. The van der Waals surface area contributed by atoms with E-state index >= 15 is 0 Å². The van der Waals surface area contributed by atoms with Gasteiger partial charge in [0.2, 0.25) is 0 Å². The fraction of sp³-hybridized carbons (Fsp3) is 0.276. The van der Waals surface area contributed by atoms with Gasteiger partial charge in [0.25, 0.3) is 0 Å². The summed E-state index contributed by atoms with van der Waals surface area (Å²) in [6, 6.07) is 22.4. The molecule has 178 valence electrons. The SMILES string of the molecule is CCN1CCc2c(sc3c2CN(C(=O)Nc2ccccc2)C(c2ccc(C)cc2)c2cccn2-3)C1. The molecule has 0 fully saturated rings. The van der Waals surface area contributed by atoms with Crippen LogP contribution < -0.4 is 5.32 Å². The number of nitrogens with one attached hydrogen (secondary N) is 1. The van der Waals surface area contributed by atoms with Gasteiger partial charge in [0, 0.05) is 35.4 Å². The highest BCUT2D eigenvalue weighted by atomic mass is 32.1. The van der Waals surface area contributed by atoms with Gasteiger partial charge in [-0.3, -0.25) is 4.90 Å². The van der Waals surface area contributed by atoms with Crippen molar-refractivity contribution >= 4 is 23.1 Å². The van der Waals surface area contributed by atoms with Crippen LogP contribution in [0, 0.1) is 6.92 Å². The summed E-state index contributed by atoms with van der Waals surface area (Å²) in [5, 5.41) is 4.43. The van der Waals surface area contributed by atoms with E-state index in [1.54, 1.807) is 0 Å². The second-order valence-electron chi connectivity index (χ2n) is 9.45. The highest BCUT2D eigenvalue weighted by Crippen LogP contribution is 2.43. The van der Waals surface area contributed by atoms with Gasteiger partial charge in [-0.05, 0) is 55.3 Å². The van der Waals surface area contributed by atoms with Crippen molar-refractivity contribution in [2.45, 2.75) is 39.4 Å².